The summed E-state index contributed by atoms with van der Waals surface area (Å²) in [6.07, 6.45) is 2.64. The molecule has 0 radical (unpaired) electrons. The second-order valence-corrected chi connectivity index (χ2v) is 13.7. The van der Waals surface area contributed by atoms with Crippen molar-refractivity contribution in [3.05, 3.63) is 0 Å². The Kier molecular flexibility index (Phi) is 11.0. The average molecular weight is 568 g/mol. The van der Waals surface area contributed by atoms with Gasteiger partial charge in [-0.05, 0) is 101 Å². The number of carbonyl (C=O) groups is 5. The summed E-state index contributed by atoms with van der Waals surface area (Å²) >= 11 is 0. The van der Waals surface area contributed by atoms with E-state index in [1.807, 2.05) is 0 Å². The van der Waals surface area contributed by atoms with E-state index in [0.717, 1.165) is 12.8 Å². The van der Waals surface area contributed by atoms with E-state index in [1.54, 1.807) is 67.2 Å². The summed E-state index contributed by atoms with van der Waals surface area (Å²) < 4.78 is 16.4. The molecule has 0 aromatic carbocycles. The van der Waals surface area contributed by atoms with Gasteiger partial charge in [0.2, 0.25) is 11.8 Å². The molecule has 2 heterocycles. The van der Waals surface area contributed by atoms with Crippen molar-refractivity contribution in [1.29, 1.82) is 0 Å². The summed E-state index contributed by atoms with van der Waals surface area (Å²) in [5.74, 6) is -1.98. The van der Waals surface area contributed by atoms with Crippen molar-refractivity contribution in [3.63, 3.8) is 0 Å². The maximum Gasteiger partial charge on any atom is 0.410 e. The first-order valence-electron chi connectivity index (χ1n) is 14.3. The molecule has 11 nitrogen and oxygen atoms in total. The van der Waals surface area contributed by atoms with Crippen LogP contribution < -0.4 is 5.32 Å². The molecular formula is C29H49N3O8. The standard InChI is InChI=1S/C29H49N3O8/c1-27(2,3)38-23(34)16-14-20(25(36)39-28(4,5)6)30-24(35)21-15-13-19-12-10-11-17-31(18-22(33)32(19)21)26(37)40-29(7,8)9/h19-21H,10-18H2,1-9H3,(H,30,35)/t19-,20+,21+/m1/s1. The highest BCUT2D eigenvalue weighted by Gasteiger charge is 2.43. The van der Waals surface area contributed by atoms with Gasteiger partial charge in [-0.3, -0.25) is 19.3 Å². The zero-order valence-corrected chi connectivity index (χ0v) is 25.8. The van der Waals surface area contributed by atoms with Crippen LogP contribution in [0.4, 0.5) is 4.79 Å². The zero-order chi connectivity index (χ0) is 30.5. The van der Waals surface area contributed by atoms with E-state index < -0.39 is 52.8 Å². The van der Waals surface area contributed by atoms with Crippen molar-refractivity contribution in [2.45, 2.75) is 142 Å². The summed E-state index contributed by atoms with van der Waals surface area (Å²) in [7, 11) is 0. The molecule has 0 saturated carbocycles. The van der Waals surface area contributed by atoms with Crippen LogP contribution in [0.15, 0.2) is 0 Å². The third-order valence-electron chi connectivity index (χ3n) is 6.35. The molecule has 0 aromatic rings. The number of nitrogens with zero attached hydrogens (tertiary/aromatic N) is 2. The molecule has 2 saturated heterocycles. The third-order valence-corrected chi connectivity index (χ3v) is 6.35. The van der Waals surface area contributed by atoms with Crippen LogP contribution in [0.2, 0.25) is 0 Å². The van der Waals surface area contributed by atoms with E-state index in [-0.39, 0.29) is 31.3 Å². The molecule has 0 unspecified atom stereocenters. The highest BCUT2D eigenvalue weighted by atomic mass is 16.6. The second-order valence-electron chi connectivity index (χ2n) is 13.7. The largest absolute Gasteiger partial charge is 0.460 e. The number of rotatable bonds is 6. The minimum atomic E-state index is -1.09. The Bertz CT molecular complexity index is 944. The lowest BCUT2D eigenvalue weighted by Gasteiger charge is -2.32. The number of hydrogen-bond acceptors (Lipinski definition) is 8. The van der Waals surface area contributed by atoms with Crippen LogP contribution in [0, 0.1) is 0 Å². The van der Waals surface area contributed by atoms with Crippen molar-refractivity contribution in [1.82, 2.24) is 15.1 Å². The molecule has 2 aliphatic rings. The Hall–Kier alpha value is -2.85. The lowest BCUT2D eigenvalue weighted by molar-refractivity contribution is -0.160. The van der Waals surface area contributed by atoms with E-state index in [2.05, 4.69) is 5.32 Å². The molecule has 2 rings (SSSR count). The van der Waals surface area contributed by atoms with Crippen LogP contribution in [0.25, 0.3) is 0 Å². The molecule has 3 atom stereocenters. The highest BCUT2D eigenvalue weighted by molar-refractivity contribution is 5.92. The third kappa shape index (κ3) is 11.0. The predicted molar refractivity (Wildman–Crippen MR) is 148 cm³/mol. The Morgan fingerprint density at radius 2 is 1.45 bits per heavy atom. The van der Waals surface area contributed by atoms with Crippen LogP contribution in [0.5, 0.6) is 0 Å². The minimum Gasteiger partial charge on any atom is -0.460 e. The Balaban J connectivity index is 2.19. The fourth-order valence-corrected chi connectivity index (χ4v) is 4.83. The number of hydrogen-bond donors (Lipinski definition) is 1. The van der Waals surface area contributed by atoms with Crippen LogP contribution in [0.1, 0.15) is 107 Å². The van der Waals surface area contributed by atoms with Crippen LogP contribution >= 0.6 is 0 Å². The van der Waals surface area contributed by atoms with Crippen molar-refractivity contribution >= 4 is 29.8 Å². The van der Waals surface area contributed by atoms with Gasteiger partial charge in [0.15, 0.2) is 0 Å². The van der Waals surface area contributed by atoms with Gasteiger partial charge < -0.3 is 24.4 Å². The molecule has 0 aliphatic carbocycles. The number of carbonyl (C=O) groups excluding carboxylic acids is 5. The quantitative estimate of drug-likeness (QED) is 0.380. The van der Waals surface area contributed by atoms with E-state index in [1.165, 1.54) is 4.90 Å². The maximum atomic E-state index is 13.6. The van der Waals surface area contributed by atoms with Gasteiger partial charge in [-0.25, -0.2) is 9.59 Å². The lowest BCUT2D eigenvalue weighted by atomic mass is 10.1. The first-order chi connectivity index (χ1) is 18.3. The molecule has 0 bridgehead atoms. The summed E-state index contributed by atoms with van der Waals surface area (Å²) in [4.78, 5) is 68.1. The van der Waals surface area contributed by atoms with Crippen LogP contribution in [-0.4, -0.2) is 87.7 Å². The number of amides is 3. The summed E-state index contributed by atoms with van der Waals surface area (Å²) in [5.41, 5.74) is -2.18. The predicted octanol–water partition coefficient (Wildman–Crippen LogP) is 3.72. The van der Waals surface area contributed by atoms with Gasteiger partial charge in [0.05, 0.1) is 0 Å². The van der Waals surface area contributed by atoms with E-state index in [9.17, 15) is 24.0 Å². The highest BCUT2D eigenvalue weighted by Crippen LogP contribution is 2.30. The fourth-order valence-electron chi connectivity index (χ4n) is 4.83. The molecule has 3 amide bonds. The van der Waals surface area contributed by atoms with Gasteiger partial charge in [-0.15, -0.1) is 0 Å². The molecule has 0 aromatic heterocycles. The van der Waals surface area contributed by atoms with E-state index >= 15 is 0 Å². The van der Waals surface area contributed by atoms with Gasteiger partial charge >= 0.3 is 18.0 Å². The number of ether oxygens (including phenoxy) is 3. The normalized spacial score (nSPS) is 21.4. The molecule has 2 fully saturated rings. The first-order valence-corrected chi connectivity index (χ1v) is 14.3. The van der Waals surface area contributed by atoms with Gasteiger partial charge in [0.25, 0.3) is 0 Å². The van der Waals surface area contributed by atoms with Crippen molar-refractivity contribution in [2.75, 3.05) is 13.1 Å². The van der Waals surface area contributed by atoms with Gasteiger partial charge in [0.1, 0.15) is 35.4 Å². The first kappa shape index (κ1) is 33.4. The maximum absolute atomic E-state index is 13.6. The SMILES string of the molecule is CC(C)(C)OC(=O)CC[C@H](NC(=O)[C@@H]1CC[C@H]2CCCCN(C(=O)OC(C)(C)C)CC(=O)N21)C(=O)OC(C)(C)C. The molecule has 0 spiro atoms. The van der Waals surface area contributed by atoms with Gasteiger partial charge in [0, 0.05) is 19.0 Å². The van der Waals surface area contributed by atoms with E-state index in [4.69, 9.17) is 14.2 Å². The number of fused-ring (bicyclic) bond motifs is 1. The summed E-state index contributed by atoms with van der Waals surface area (Å²) in [6.45, 7) is 15.9. The second kappa shape index (κ2) is 13.2. The van der Waals surface area contributed by atoms with Gasteiger partial charge in [-0.1, -0.05) is 0 Å². The summed E-state index contributed by atoms with van der Waals surface area (Å²) in [5, 5.41) is 2.75. The molecule has 2 aliphatic heterocycles. The summed E-state index contributed by atoms with van der Waals surface area (Å²) in [6, 6.07) is -2.03. The Labute approximate surface area is 238 Å². The average Bonchev–Trinajstić information content (AvgIpc) is 3.20. The Morgan fingerprint density at radius 3 is 2.02 bits per heavy atom. The monoisotopic (exact) mass is 567 g/mol. The minimum absolute atomic E-state index is 0.00785. The Morgan fingerprint density at radius 1 is 0.850 bits per heavy atom. The topological polar surface area (TPSA) is 132 Å². The molecule has 11 heteroatoms. The lowest BCUT2D eigenvalue weighted by Crippen LogP contribution is -2.55. The van der Waals surface area contributed by atoms with Crippen molar-refractivity contribution in [3.8, 4) is 0 Å². The smallest absolute Gasteiger partial charge is 0.410 e. The van der Waals surface area contributed by atoms with Gasteiger partial charge in [-0.2, -0.15) is 0 Å². The van der Waals surface area contributed by atoms with Crippen LogP contribution in [-0.2, 0) is 33.4 Å². The van der Waals surface area contributed by atoms with Crippen molar-refractivity contribution < 1.29 is 38.2 Å². The van der Waals surface area contributed by atoms with Crippen molar-refractivity contribution in [2.24, 2.45) is 0 Å². The molecule has 228 valence electrons. The van der Waals surface area contributed by atoms with Crippen LogP contribution in [0.3, 0.4) is 0 Å². The fraction of sp³-hybridized carbons (Fsp3) is 0.828. The number of esters is 2. The molecule has 40 heavy (non-hydrogen) atoms. The molecular weight excluding hydrogens is 518 g/mol. The molecule has 1 N–H and O–H groups in total. The van der Waals surface area contributed by atoms with E-state index in [0.29, 0.717) is 25.8 Å². The zero-order valence-electron chi connectivity index (χ0n) is 25.8. The number of nitrogens with one attached hydrogen (secondary N) is 1.